The summed E-state index contributed by atoms with van der Waals surface area (Å²) in [4.78, 5) is 23.0. The van der Waals surface area contributed by atoms with Gasteiger partial charge in [-0.3, -0.25) is 9.59 Å². The molecule has 0 bridgehead atoms. The standard InChI is InChI=1S/C11H21NO7/c1-5(2)8(12)11(18)19-4-7(15)10(17)9(16)6(14)3-13/h5-6,8-10,13-14,16-17H,3-4,12H2,1-2H3/t6-,8+,9-,10-/m1/s1/i/hD. The van der Waals surface area contributed by atoms with E-state index in [-0.39, 0.29) is 5.92 Å². The SMILES string of the molecule is [2H]N[C@H](C(=O)OCC(=O)[C@@H](O)[C@H](O)[C@H](O)CO)C(C)C. The molecule has 0 saturated carbocycles. The molecule has 8 nitrogen and oxygen atoms in total. The van der Waals surface area contributed by atoms with Crippen molar-refractivity contribution in [3.05, 3.63) is 0 Å². The Morgan fingerprint density at radius 1 is 1.32 bits per heavy atom. The molecule has 0 saturated heterocycles. The predicted molar refractivity (Wildman–Crippen MR) is 63.9 cm³/mol. The van der Waals surface area contributed by atoms with Crippen molar-refractivity contribution in [1.29, 1.82) is 0 Å². The van der Waals surface area contributed by atoms with Gasteiger partial charge in [0.25, 0.3) is 0 Å². The summed E-state index contributed by atoms with van der Waals surface area (Å²) < 4.78 is 11.6. The lowest BCUT2D eigenvalue weighted by molar-refractivity contribution is -0.156. The Kier molecular flexibility index (Phi) is 6.89. The first-order chi connectivity index (χ1) is 9.26. The number of hydrogen-bond donors (Lipinski definition) is 5. The fraction of sp³-hybridized carbons (Fsp3) is 0.818. The second kappa shape index (κ2) is 8.18. The maximum atomic E-state index is 11.5. The number of nitrogens with two attached hydrogens (primary N) is 1. The van der Waals surface area contributed by atoms with E-state index in [1.54, 1.807) is 13.8 Å². The van der Waals surface area contributed by atoms with Crippen LogP contribution in [0.2, 0.25) is 1.41 Å². The Balaban J connectivity index is 4.38. The molecular weight excluding hydrogens is 258 g/mol. The maximum Gasteiger partial charge on any atom is 0.323 e. The molecule has 0 radical (unpaired) electrons. The summed E-state index contributed by atoms with van der Waals surface area (Å²) in [6.07, 6.45) is -5.53. The molecule has 0 amide bonds. The largest absolute Gasteiger partial charge is 0.456 e. The first-order valence-corrected chi connectivity index (χ1v) is 5.77. The number of carbonyl (C=O) groups excluding carboxylic acids is 2. The van der Waals surface area contributed by atoms with Crippen LogP contribution < -0.4 is 5.73 Å². The highest BCUT2D eigenvalue weighted by Crippen LogP contribution is 2.04. The highest BCUT2D eigenvalue weighted by Gasteiger charge is 2.31. The fourth-order valence-corrected chi connectivity index (χ4v) is 1.10. The van der Waals surface area contributed by atoms with Crippen LogP contribution in [0.1, 0.15) is 13.8 Å². The Bertz CT molecular complexity index is 326. The van der Waals surface area contributed by atoms with Crippen LogP contribution in [0.15, 0.2) is 0 Å². The van der Waals surface area contributed by atoms with E-state index in [1.165, 1.54) is 0 Å². The van der Waals surface area contributed by atoms with E-state index in [2.05, 4.69) is 4.74 Å². The number of hydrogen-bond acceptors (Lipinski definition) is 8. The molecule has 0 fully saturated rings. The van der Waals surface area contributed by atoms with Crippen molar-refractivity contribution in [2.24, 2.45) is 11.6 Å². The van der Waals surface area contributed by atoms with Crippen molar-refractivity contribution in [2.45, 2.75) is 38.2 Å². The minimum atomic E-state index is -1.98. The van der Waals surface area contributed by atoms with Crippen LogP contribution in [0.4, 0.5) is 0 Å². The van der Waals surface area contributed by atoms with Gasteiger partial charge < -0.3 is 30.9 Å². The molecule has 6 N–H and O–H groups in total. The second-order valence-corrected chi connectivity index (χ2v) is 4.48. The molecule has 19 heavy (non-hydrogen) atoms. The quantitative estimate of drug-likeness (QED) is 0.283. The molecule has 0 aliphatic carbocycles. The average molecular weight is 280 g/mol. The number of aliphatic hydroxyl groups is 4. The monoisotopic (exact) mass is 280 g/mol. The summed E-state index contributed by atoms with van der Waals surface area (Å²) in [7, 11) is 0. The fourth-order valence-electron chi connectivity index (χ4n) is 1.10. The molecule has 0 rings (SSSR count). The summed E-state index contributed by atoms with van der Waals surface area (Å²) in [5.74, 6) is -2.10. The van der Waals surface area contributed by atoms with E-state index < -0.39 is 49.3 Å². The molecule has 0 aromatic carbocycles. The van der Waals surface area contributed by atoms with E-state index >= 15 is 0 Å². The Morgan fingerprint density at radius 2 is 1.89 bits per heavy atom. The van der Waals surface area contributed by atoms with Crippen molar-refractivity contribution in [3.63, 3.8) is 0 Å². The third-order valence-electron chi connectivity index (χ3n) is 2.51. The van der Waals surface area contributed by atoms with Gasteiger partial charge in [0.05, 0.1) is 6.61 Å². The molecule has 0 unspecified atom stereocenters. The van der Waals surface area contributed by atoms with Crippen molar-refractivity contribution < 1.29 is 36.2 Å². The van der Waals surface area contributed by atoms with E-state index in [1.807, 2.05) is 5.73 Å². The minimum Gasteiger partial charge on any atom is -0.456 e. The molecule has 8 heteroatoms. The lowest BCUT2D eigenvalue weighted by Crippen LogP contribution is -2.46. The number of rotatable bonds is 9. The van der Waals surface area contributed by atoms with Crippen molar-refractivity contribution in [3.8, 4) is 0 Å². The summed E-state index contributed by atoms with van der Waals surface area (Å²) >= 11 is 0. The van der Waals surface area contributed by atoms with E-state index in [0.29, 0.717) is 0 Å². The molecule has 4 atom stereocenters. The van der Waals surface area contributed by atoms with Crippen LogP contribution in [0.5, 0.6) is 0 Å². The summed E-state index contributed by atoms with van der Waals surface area (Å²) in [5, 5.41) is 36.3. The number of aliphatic hydroxyl groups excluding tert-OH is 4. The zero-order chi connectivity index (χ0) is 15.9. The smallest absolute Gasteiger partial charge is 0.323 e. The van der Waals surface area contributed by atoms with Gasteiger partial charge in [-0.2, -0.15) is 0 Å². The van der Waals surface area contributed by atoms with E-state index in [4.69, 9.17) is 11.6 Å². The molecule has 0 aromatic heterocycles. The van der Waals surface area contributed by atoms with Gasteiger partial charge in [0.1, 0.15) is 25.8 Å². The van der Waals surface area contributed by atoms with Crippen LogP contribution in [-0.2, 0) is 14.3 Å². The molecule has 0 aliphatic rings. The maximum absolute atomic E-state index is 11.5. The molecule has 0 aliphatic heterocycles. The van der Waals surface area contributed by atoms with E-state index in [9.17, 15) is 19.8 Å². The molecule has 0 spiro atoms. The zero-order valence-electron chi connectivity index (χ0n) is 11.8. The lowest BCUT2D eigenvalue weighted by Gasteiger charge is -2.21. The van der Waals surface area contributed by atoms with Crippen LogP contribution in [-0.4, -0.2) is 69.7 Å². The van der Waals surface area contributed by atoms with Gasteiger partial charge in [-0.1, -0.05) is 13.8 Å². The van der Waals surface area contributed by atoms with Crippen LogP contribution in [0, 0.1) is 5.92 Å². The predicted octanol–water partition coefficient (Wildman–Crippen LogP) is -2.84. The van der Waals surface area contributed by atoms with Gasteiger partial charge in [0.15, 0.2) is 6.61 Å². The Hall–Kier alpha value is -1.06. The number of ketones is 1. The first-order valence-electron chi connectivity index (χ1n) is 6.27. The van der Waals surface area contributed by atoms with Crippen LogP contribution in [0.25, 0.3) is 0 Å². The Morgan fingerprint density at radius 3 is 2.32 bits per heavy atom. The topological polar surface area (TPSA) is 150 Å². The van der Waals surface area contributed by atoms with Gasteiger partial charge in [-0.25, -0.2) is 0 Å². The zero-order valence-corrected chi connectivity index (χ0v) is 10.8. The van der Waals surface area contributed by atoms with Crippen molar-refractivity contribution >= 4 is 11.8 Å². The highest BCUT2D eigenvalue weighted by atomic mass is 16.5. The third kappa shape index (κ3) is 5.62. The lowest BCUT2D eigenvalue weighted by atomic mass is 10.0. The average Bonchev–Trinajstić information content (AvgIpc) is 2.42. The van der Waals surface area contributed by atoms with Gasteiger partial charge in [-0.15, -0.1) is 0 Å². The highest BCUT2D eigenvalue weighted by molar-refractivity contribution is 5.87. The molecule has 112 valence electrons. The van der Waals surface area contributed by atoms with Gasteiger partial charge in [0.2, 0.25) is 5.78 Å². The second-order valence-electron chi connectivity index (χ2n) is 4.48. The first kappa shape index (κ1) is 16.0. The number of Topliss-reactive ketones (excluding diaryl/α,β-unsaturated/α-hetero) is 1. The van der Waals surface area contributed by atoms with Gasteiger partial charge in [-0.05, 0) is 5.92 Å². The molecule has 0 aromatic rings. The van der Waals surface area contributed by atoms with Gasteiger partial charge in [0, 0.05) is 0 Å². The number of carbonyl (C=O) groups is 2. The number of ether oxygens (including phenoxy) is 1. The molecular formula is C11H21NO7. The molecule has 0 heterocycles. The van der Waals surface area contributed by atoms with Crippen molar-refractivity contribution in [1.82, 2.24) is 0 Å². The summed E-state index contributed by atoms with van der Waals surface area (Å²) in [5.41, 5.74) is 1.98. The summed E-state index contributed by atoms with van der Waals surface area (Å²) in [6, 6.07) is -0.923. The number of esters is 1. The van der Waals surface area contributed by atoms with Crippen LogP contribution >= 0.6 is 0 Å². The summed E-state index contributed by atoms with van der Waals surface area (Å²) in [6.45, 7) is 1.71. The van der Waals surface area contributed by atoms with Gasteiger partial charge >= 0.3 is 5.97 Å². The minimum absolute atomic E-state index is 0.234. The van der Waals surface area contributed by atoms with Crippen molar-refractivity contribution in [2.75, 3.05) is 13.2 Å². The Labute approximate surface area is 112 Å². The van der Waals surface area contributed by atoms with E-state index in [0.717, 1.165) is 0 Å². The third-order valence-corrected chi connectivity index (χ3v) is 2.51. The van der Waals surface area contributed by atoms with Crippen LogP contribution in [0.3, 0.4) is 0 Å². The normalized spacial score (nSPS) is 18.4.